The number of carbonyl (C=O) groups is 1. The summed E-state index contributed by atoms with van der Waals surface area (Å²) in [4.78, 5) is 11.2. The molecule has 4 nitrogen and oxygen atoms in total. The van der Waals surface area contributed by atoms with Crippen molar-refractivity contribution in [2.75, 3.05) is 20.2 Å². The second-order valence-corrected chi connectivity index (χ2v) is 3.45. The molecule has 1 unspecified atom stereocenters. The summed E-state index contributed by atoms with van der Waals surface area (Å²) in [5.74, 6) is 0.261. The van der Waals surface area contributed by atoms with Gasteiger partial charge in [0.15, 0.2) is 0 Å². The molecule has 0 aromatic rings. The number of ether oxygens (including phenoxy) is 1. The summed E-state index contributed by atoms with van der Waals surface area (Å²) in [5, 5.41) is 3.05. The summed E-state index contributed by atoms with van der Waals surface area (Å²) >= 11 is 0. The van der Waals surface area contributed by atoms with Crippen molar-refractivity contribution in [3.63, 3.8) is 0 Å². The summed E-state index contributed by atoms with van der Waals surface area (Å²) in [5.41, 5.74) is 5.33. The Morgan fingerprint density at radius 1 is 1.54 bits per heavy atom. The lowest BCUT2D eigenvalue weighted by Crippen LogP contribution is -2.41. The Labute approximate surface area is 79.8 Å². The summed E-state index contributed by atoms with van der Waals surface area (Å²) < 4.78 is 4.67. The van der Waals surface area contributed by atoms with Crippen LogP contribution in [-0.4, -0.2) is 32.2 Å². The largest absolute Gasteiger partial charge is 0.468 e. The Morgan fingerprint density at radius 2 is 2.15 bits per heavy atom. The zero-order valence-electron chi connectivity index (χ0n) is 8.67. The van der Waals surface area contributed by atoms with Gasteiger partial charge in [-0.15, -0.1) is 0 Å². The monoisotopic (exact) mass is 188 g/mol. The van der Waals surface area contributed by atoms with E-state index in [0.717, 1.165) is 6.42 Å². The third kappa shape index (κ3) is 5.60. The smallest absolute Gasteiger partial charge is 0.322 e. The van der Waals surface area contributed by atoms with Crippen LogP contribution in [0.2, 0.25) is 0 Å². The molecule has 4 heteroatoms. The Hall–Kier alpha value is -0.610. The van der Waals surface area contributed by atoms with E-state index in [1.807, 2.05) is 0 Å². The quantitative estimate of drug-likeness (QED) is 0.581. The first-order valence-electron chi connectivity index (χ1n) is 4.63. The van der Waals surface area contributed by atoms with Crippen LogP contribution in [0.4, 0.5) is 0 Å². The molecule has 13 heavy (non-hydrogen) atoms. The fraction of sp³-hybridized carbons (Fsp3) is 0.889. The second kappa shape index (κ2) is 6.86. The predicted octanol–water partition coefficient (Wildman–Crippen LogP) is 0.122. The third-order valence-corrected chi connectivity index (χ3v) is 1.73. The zero-order chi connectivity index (χ0) is 10.3. The van der Waals surface area contributed by atoms with E-state index in [2.05, 4.69) is 23.9 Å². The molecule has 0 heterocycles. The second-order valence-electron chi connectivity index (χ2n) is 3.45. The number of nitrogens with two attached hydrogens (primary N) is 1. The molecule has 0 aromatic heterocycles. The van der Waals surface area contributed by atoms with Crippen LogP contribution in [-0.2, 0) is 9.53 Å². The minimum absolute atomic E-state index is 0.206. The molecule has 0 saturated heterocycles. The number of methoxy groups -OCH3 is 1. The third-order valence-electron chi connectivity index (χ3n) is 1.73. The van der Waals surface area contributed by atoms with Gasteiger partial charge >= 0.3 is 5.97 Å². The number of esters is 1. The van der Waals surface area contributed by atoms with E-state index in [9.17, 15) is 4.79 Å². The highest BCUT2D eigenvalue weighted by molar-refractivity contribution is 5.75. The first kappa shape index (κ1) is 12.4. The molecule has 0 bridgehead atoms. The van der Waals surface area contributed by atoms with Gasteiger partial charge in [-0.2, -0.15) is 0 Å². The summed E-state index contributed by atoms with van der Waals surface area (Å²) in [6.45, 7) is 5.32. The number of rotatable bonds is 6. The van der Waals surface area contributed by atoms with Crippen molar-refractivity contribution in [1.82, 2.24) is 5.32 Å². The van der Waals surface area contributed by atoms with Crippen LogP contribution in [0.15, 0.2) is 0 Å². The molecule has 0 aliphatic carbocycles. The average Bonchev–Trinajstić information content (AvgIpc) is 2.10. The molecule has 78 valence electrons. The van der Waals surface area contributed by atoms with Gasteiger partial charge < -0.3 is 15.8 Å². The molecular weight excluding hydrogens is 168 g/mol. The van der Waals surface area contributed by atoms with Gasteiger partial charge in [0.25, 0.3) is 0 Å². The van der Waals surface area contributed by atoms with Crippen molar-refractivity contribution in [3.8, 4) is 0 Å². The van der Waals surface area contributed by atoms with Crippen LogP contribution >= 0.6 is 0 Å². The molecule has 0 saturated carbocycles. The van der Waals surface area contributed by atoms with Crippen LogP contribution in [0, 0.1) is 5.92 Å². The van der Waals surface area contributed by atoms with E-state index < -0.39 is 0 Å². The highest BCUT2D eigenvalue weighted by atomic mass is 16.5. The SMILES string of the molecule is COC(=O)C(CC(C)C)NCCN. The normalized spacial score (nSPS) is 13.0. The maximum atomic E-state index is 11.2. The topological polar surface area (TPSA) is 64.3 Å². The van der Waals surface area contributed by atoms with Gasteiger partial charge in [0.1, 0.15) is 6.04 Å². The highest BCUT2D eigenvalue weighted by Gasteiger charge is 2.18. The van der Waals surface area contributed by atoms with E-state index >= 15 is 0 Å². The fourth-order valence-electron chi connectivity index (χ4n) is 1.13. The zero-order valence-corrected chi connectivity index (χ0v) is 8.67. The Bertz CT molecular complexity index is 149. The minimum atomic E-state index is -0.214. The standard InChI is InChI=1S/C9H20N2O2/c1-7(2)6-8(9(12)13-3)11-5-4-10/h7-8,11H,4-6,10H2,1-3H3. The molecule has 0 aromatic carbocycles. The molecule has 0 aliphatic rings. The lowest BCUT2D eigenvalue weighted by atomic mass is 10.0. The van der Waals surface area contributed by atoms with Gasteiger partial charge in [0.2, 0.25) is 0 Å². The van der Waals surface area contributed by atoms with E-state index in [-0.39, 0.29) is 12.0 Å². The summed E-state index contributed by atoms with van der Waals surface area (Å²) in [7, 11) is 1.40. The van der Waals surface area contributed by atoms with Crippen molar-refractivity contribution in [2.24, 2.45) is 11.7 Å². The molecule has 0 radical (unpaired) electrons. The minimum Gasteiger partial charge on any atom is -0.468 e. The van der Waals surface area contributed by atoms with E-state index in [0.29, 0.717) is 19.0 Å². The molecule has 0 rings (SSSR count). The van der Waals surface area contributed by atoms with Crippen molar-refractivity contribution >= 4 is 5.97 Å². The Balaban J connectivity index is 3.94. The van der Waals surface area contributed by atoms with Gasteiger partial charge in [0, 0.05) is 13.1 Å². The highest BCUT2D eigenvalue weighted by Crippen LogP contribution is 2.05. The lowest BCUT2D eigenvalue weighted by Gasteiger charge is -2.17. The Kier molecular flexibility index (Phi) is 6.54. The predicted molar refractivity (Wildman–Crippen MR) is 52.3 cm³/mol. The number of hydrogen-bond acceptors (Lipinski definition) is 4. The van der Waals surface area contributed by atoms with Crippen molar-refractivity contribution in [2.45, 2.75) is 26.3 Å². The van der Waals surface area contributed by atoms with E-state index in [1.54, 1.807) is 0 Å². The number of carbonyl (C=O) groups excluding carboxylic acids is 1. The molecule has 1 atom stereocenters. The maximum Gasteiger partial charge on any atom is 0.322 e. The Morgan fingerprint density at radius 3 is 2.54 bits per heavy atom. The first-order valence-corrected chi connectivity index (χ1v) is 4.63. The van der Waals surface area contributed by atoms with Gasteiger partial charge in [-0.3, -0.25) is 4.79 Å². The van der Waals surface area contributed by atoms with Crippen molar-refractivity contribution in [3.05, 3.63) is 0 Å². The van der Waals surface area contributed by atoms with Crippen LogP contribution in [0.5, 0.6) is 0 Å². The summed E-state index contributed by atoms with van der Waals surface area (Å²) in [6.07, 6.45) is 0.784. The van der Waals surface area contributed by atoms with Gasteiger partial charge in [-0.25, -0.2) is 0 Å². The average molecular weight is 188 g/mol. The number of nitrogens with one attached hydrogen (secondary N) is 1. The first-order chi connectivity index (χ1) is 6.11. The van der Waals surface area contributed by atoms with Crippen molar-refractivity contribution < 1.29 is 9.53 Å². The van der Waals surface area contributed by atoms with Crippen LogP contribution in [0.3, 0.4) is 0 Å². The van der Waals surface area contributed by atoms with Crippen LogP contribution in [0.25, 0.3) is 0 Å². The summed E-state index contributed by atoms with van der Waals surface area (Å²) in [6, 6.07) is -0.214. The molecule has 0 fully saturated rings. The van der Waals surface area contributed by atoms with Gasteiger partial charge in [0.05, 0.1) is 7.11 Å². The molecular formula is C9H20N2O2. The molecule has 3 N–H and O–H groups in total. The number of hydrogen-bond donors (Lipinski definition) is 2. The fourth-order valence-corrected chi connectivity index (χ4v) is 1.13. The van der Waals surface area contributed by atoms with Gasteiger partial charge in [-0.05, 0) is 12.3 Å². The molecule has 0 amide bonds. The van der Waals surface area contributed by atoms with E-state index in [1.165, 1.54) is 7.11 Å². The maximum absolute atomic E-state index is 11.2. The van der Waals surface area contributed by atoms with Crippen molar-refractivity contribution in [1.29, 1.82) is 0 Å². The van der Waals surface area contributed by atoms with E-state index in [4.69, 9.17) is 5.73 Å². The van der Waals surface area contributed by atoms with Gasteiger partial charge in [-0.1, -0.05) is 13.8 Å². The molecule has 0 spiro atoms. The lowest BCUT2D eigenvalue weighted by molar-refractivity contribution is -0.143. The van der Waals surface area contributed by atoms with Crippen LogP contribution in [0.1, 0.15) is 20.3 Å². The van der Waals surface area contributed by atoms with Crippen LogP contribution < -0.4 is 11.1 Å². The molecule has 0 aliphatic heterocycles.